The van der Waals surface area contributed by atoms with Crippen LogP contribution >= 0.6 is 0 Å². The van der Waals surface area contributed by atoms with Crippen molar-refractivity contribution in [3.05, 3.63) is 35.9 Å². The zero-order valence-corrected chi connectivity index (χ0v) is 9.10. The van der Waals surface area contributed by atoms with Crippen LogP contribution in [0, 0.1) is 0 Å². The van der Waals surface area contributed by atoms with E-state index in [9.17, 15) is 4.79 Å². The summed E-state index contributed by atoms with van der Waals surface area (Å²) in [7, 11) is 0. The quantitative estimate of drug-likeness (QED) is 0.531. The van der Waals surface area contributed by atoms with Gasteiger partial charge in [-0.25, -0.2) is 0 Å². The second kappa shape index (κ2) is 5.51. The van der Waals surface area contributed by atoms with E-state index in [0.29, 0.717) is 13.1 Å². The Hall–Kier alpha value is -1.35. The molecule has 0 fully saturated rings. The number of hydrogen-bond donors (Lipinski definition) is 0. The summed E-state index contributed by atoms with van der Waals surface area (Å²) in [6.07, 6.45) is 0.812. The SMILES string of the molecule is CC(C)(OC=O)OCCc1ccccc1. The van der Waals surface area contributed by atoms with Crippen molar-refractivity contribution in [3.63, 3.8) is 0 Å². The molecule has 0 saturated carbocycles. The summed E-state index contributed by atoms with van der Waals surface area (Å²) >= 11 is 0. The second-order valence-electron chi connectivity index (χ2n) is 3.70. The molecule has 3 nitrogen and oxygen atoms in total. The molecule has 0 aliphatic rings. The molecule has 15 heavy (non-hydrogen) atoms. The normalized spacial score (nSPS) is 11.1. The molecule has 0 bridgehead atoms. The van der Waals surface area contributed by atoms with Crippen molar-refractivity contribution in [2.45, 2.75) is 26.1 Å². The molecule has 0 atom stereocenters. The second-order valence-corrected chi connectivity index (χ2v) is 3.70. The van der Waals surface area contributed by atoms with Crippen LogP contribution in [0.2, 0.25) is 0 Å². The van der Waals surface area contributed by atoms with Crippen LogP contribution in [-0.2, 0) is 20.7 Å². The van der Waals surface area contributed by atoms with Gasteiger partial charge in [-0.15, -0.1) is 0 Å². The highest BCUT2D eigenvalue weighted by Crippen LogP contribution is 2.10. The molecule has 0 radical (unpaired) electrons. The molecule has 1 aromatic rings. The molecule has 0 N–H and O–H groups in total. The van der Waals surface area contributed by atoms with E-state index >= 15 is 0 Å². The van der Waals surface area contributed by atoms with Gasteiger partial charge in [-0.2, -0.15) is 0 Å². The number of ether oxygens (including phenoxy) is 2. The van der Waals surface area contributed by atoms with Gasteiger partial charge in [0.1, 0.15) is 0 Å². The average molecular weight is 208 g/mol. The van der Waals surface area contributed by atoms with Crippen molar-refractivity contribution in [3.8, 4) is 0 Å². The van der Waals surface area contributed by atoms with Crippen LogP contribution in [0.5, 0.6) is 0 Å². The molecule has 82 valence electrons. The fourth-order valence-corrected chi connectivity index (χ4v) is 1.21. The van der Waals surface area contributed by atoms with Gasteiger partial charge >= 0.3 is 0 Å². The van der Waals surface area contributed by atoms with Crippen molar-refractivity contribution in [2.75, 3.05) is 6.61 Å². The van der Waals surface area contributed by atoms with E-state index in [2.05, 4.69) is 0 Å². The highest BCUT2D eigenvalue weighted by Gasteiger charge is 2.18. The number of benzene rings is 1. The third kappa shape index (κ3) is 4.61. The van der Waals surface area contributed by atoms with Gasteiger partial charge in [0.05, 0.1) is 6.61 Å². The zero-order valence-electron chi connectivity index (χ0n) is 9.10. The van der Waals surface area contributed by atoms with E-state index in [1.807, 2.05) is 30.3 Å². The van der Waals surface area contributed by atoms with Gasteiger partial charge < -0.3 is 9.47 Å². The van der Waals surface area contributed by atoms with Crippen molar-refractivity contribution in [1.29, 1.82) is 0 Å². The van der Waals surface area contributed by atoms with Crippen LogP contribution in [0.1, 0.15) is 19.4 Å². The predicted molar refractivity (Wildman–Crippen MR) is 57.3 cm³/mol. The molecule has 0 saturated heterocycles. The number of carbonyl (C=O) groups excluding carboxylic acids is 1. The molecule has 0 amide bonds. The first-order chi connectivity index (χ1) is 7.14. The third-order valence-corrected chi connectivity index (χ3v) is 2.02. The minimum absolute atomic E-state index is 0.405. The van der Waals surface area contributed by atoms with E-state index < -0.39 is 5.79 Å². The lowest BCUT2D eigenvalue weighted by Crippen LogP contribution is -2.28. The molecule has 0 aromatic heterocycles. The van der Waals surface area contributed by atoms with Crippen LogP contribution in [0.4, 0.5) is 0 Å². The molecule has 0 aliphatic heterocycles. The van der Waals surface area contributed by atoms with Crippen LogP contribution in [0.25, 0.3) is 0 Å². The van der Waals surface area contributed by atoms with Gasteiger partial charge in [-0.05, 0) is 12.0 Å². The fraction of sp³-hybridized carbons (Fsp3) is 0.417. The average Bonchev–Trinajstić information content (AvgIpc) is 2.19. The largest absolute Gasteiger partial charge is 0.436 e. The molecular weight excluding hydrogens is 192 g/mol. The lowest BCUT2D eigenvalue weighted by Gasteiger charge is -2.22. The first-order valence-corrected chi connectivity index (χ1v) is 4.93. The molecule has 0 unspecified atom stereocenters. The van der Waals surface area contributed by atoms with Crippen molar-refractivity contribution < 1.29 is 14.3 Å². The van der Waals surface area contributed by atoms with E-state index in [0.717, 1.165) is 6.42 Å². The van der Waals surface area contributed by atoms with Crippen molar-refractivity contribution in [1.82, 2.24) is 0 Å². The Morgan fingerprint density at radius 1 is 1.27 bits per heavy atom. The molecule has 1 aromatic carbocycles. The van der Waals surface area contributed by atoms with Gasteiger partial charge in [0, 0.05) is 13.8 Å². The predicted octanol–water partition coefficient (Wildman–Crippen LogP) is 2.15. The van der Waals surface area contributed by atoms with Gasteiger partial charge in [0.15, 0.2) is 0 Å². The zero-order chi connectivity index (χ0) is 11.1. The van der Waals surface area contributed by atoms with Crippen LogP contribution in [-0.4, -0.2) is 18.9 Å². The minimum Gasteiger partial charge on any atom is -0.436 e. The van der Waals surface area contributed by atoms with Crippen LogP contribution in [0.15, 0.2) is 30.3 Å². The van der Waals surface area contributed by atoms with E-state index in [4.69, 9.17) is 9.47 Å². The number of hydrogen-bond acceptors (Lipinski definition) is 3. The van der Waals surface area contributed by atoms with Gasteiger partial charge in [0.25, 0.3) is 6.47 Å². The fourth-order valence-electron chi connectivity index (χ4n) is 1.21. The summed E-state index contributed by atoms with van der Waals surface area (Å²) in [5.74, 6) is -0.837. The van der Waals surface area contributed by atoms with Crippen molar-refractivity contribution >= 4 is 6.47 Å². The lowest BCUT2D eigenvalue weighted by molar-refractivity contribution is -0.202. The highest BCUT2D eigenvalue weighted by molar-refractivity contribution is 5.37. The smallest absolute Gasteiger partial charge is 0.295 e. The van der Waals surface area contributed by atoms with E-state index in [-0.39, 0.29) is 0 Å². The van der Waals surface area contributed by atoms with Gasteiger partial charge in [0.2, 0.25) is 5.79 Å². The maximum Gasteiger partial charge on any atom is 0.295 e. The maximum atomic E-state index is 10.2. The lowest BCUT2D eigenvalue weighted by atomic mass is 10.2. The molecule has 0 aliphatic carbocycles. The minimum atomic E-state index is -0.837. The summed E-state index contributed by atoms with van der Waals surface area (Å²) in [5, 5.41) is 0. The maximum absolute atomic E-state index is 10.2. The Balaban J connectivity index is 2.30. The standard InChI is InChI=1S/C12H16O3/c1-12(2,15-10-13)14-9-8-11-6-4-3-5-7-11/h3-7,10H,8-9H2,1-2H3. The Labute approximate surface area is 90.0 Å². The summed E-state index contributed by atoms with van der Waals surface area (Å²) in [4.78, 5) is 10.2. The Morgan fingerprint density at radius 2 is 1.93 bits per heavy atom. The molecular formula is C12H16O3. The molecule has 0 heterocycles. The van der Waals surface area contributed by atoms with Crippen LogP contribution in [0.3, 0.4) is 0 Å². The Kier molecular flexibility index (Phi) is 4.31. The summed E-state index contributed by atoms with van der Waals surface area (Å²) in [5.41, 5.74) is 1.21. The number of rotatable bonds is 6. The summed E-state index contributed by atoms with van der Waals surface area (Å²) < 4.78 is 10.2. The number of carbonyl (C=O) groups is 1. The summed E-state index contributed by atoms with van der Waals surface area (Å²) in [6.45, 7) is 4.37. The topological polar surface area (TPSA) is 35.5 Å². The highest BCUT2D eigenvalue weighted by atomic mass is 16.7. The van der Waals surface area contributed by atoms with Gasteiger partial charge in [-0.3, -0.25) is 4.79 Å². The van der Waals surface area contributed by atoms with E-state index in [1.165, 1.54) is 5.56 Å². The van der Waals surface area contributed by atoms with Crippen LogP contribution < -0.4 is 0 Å². The Bertz CT molecular complexity index is 293. The first kappa shape index (κ1) is 11.7. The van der Waals surface area contributed by atoms with Gasteiger partial charge in [-0.1, -0.05) is 30.3 Å². The monoisotopic (exact) mass is 208 g/mol. The Morgan fingerprint density at radius 3 is 2.53 bits per heavy atom. The van der Waals surface area contributed by atoms with E-state index in [1.54, 1.807) is 13.8 Å². The third-order valence-electron chi connectivity index (χ3n) is 2.02. The molecule has 1 rings (SSSR count). The van der Waals surface area contributed by atoms with Crippen molar-refractivity contribution in [2.24, 2.45) is 0 Å². The first-order valence-electron chi connectivity index (χ1n) is 4.93. The molecule has 0 spiro atoms. The summed E-state index contributed by atoms with van der Waals surface area (Å²) in [6, 6.07) is 10.0. The molecule has 3 heteroatoms.